The standard InChI is InChI=1S/C25H22BrNO3/c1-29-24-12-15(10-11-22(24)26)20-13-23(20)27-25(28)30-14-21-18-8-4-2-6-16(18)17-7-3-5-9-19(17)21/h2-12,20-21,23H,13-14H2,1H3,(H,27,28)/t20-,23-/m1/s1. The molecule has 3 aromatic carbocycles. The zero-order valence-corrected chi connectivity index (χ0v) is 18.2. The number of alkyl carbamates (subject to hydrolysis) is 1. The van der Waals surface area contributed by atoms with Gasteiger partial charge in [-0.1, -0.05) is 54.6 Å². The number of carbonyl (C=O) groups excluding carboxylic acids is 1. The monoisotopic (exact) mass is 463 g/mol. The van der Waals surface area contributed by atoms with Gasteiger partial charge in [-0.3, -0.25) is 0 Å². The summed E-state index contributed by atoms with van der Waals surface area (Å²) in [6, 6.07) is 22.9. The summed E-state index contributed by atoms with van der Waals surface area (Å²) >= 11 is 3.48. The summed E-state index contributed by atoms with van der Waals surface area (Å²) in [4.78, 5) is 12.5. The first-order valence-electron chi connectivity index (χ1n) is 10.1. The van der Waals surface area contributed by atoms with Crippen molar-refractivity contribution < 1.29 is 14.3 Å². The fourth-order valence-corrected chi connectivity index (χ4v) is 4.83. The van der Waals surface area contributed by atoms with Gasteiger partial charge in [0, 0.05) is 17.9 Å². The van der Waals surface area contributed by atoms with Crippen LogP contribution in [0.1, 0.15) is 34.9 Å². The molecule has 0 aliphatic heterocycles. The molecule has 2 aliphatic carbocycles. The third-order valence-electron chi connectivity index (χ3n) is 6.04. The van der Waals surface area contributed by atoms with Crippen LogP contribution < -0.4 is 10.1 Å². The number of halogens is 1. The first kappa shape index (κ1) is 19.2. The Kier molecular flexibility index (Phi) is 4.99. The van der Waals surface area contributed by atoms with Crippen molar-refractivity contribution in [3.63, 3.8) is 0 Å². The second kappa shape index (κ2) is 7.80. The Morgan fingerprint density at radius 2 is 1.70 bits per heavy atom. The van der Waals surface area contributed by atoms with Crippen molar-refractivity contribution in [2.75, 3.05) is 13.7 Å². The number of benzene rings is 3. The molecule has 30 heavy (non-hydrogen) atoms. The molecule has 1 fully saturated rings. The van der Waals surface area contributed by atoms with Crippen molar-refractivity contribution in [2.45, 2.75) is 24.3 Å². The Balaban J connectivity index is 1.22. The second-order valence-corrected chi connectivity index (χ2v) is 8.67. The van der Waals surface area contributed by atoms with Crippen molar-refractivity contribution in [1.29, 1.82) is 0 Å². The lowest BCUT2D eigenvalue weighted by Gasteiger charge is -2.14. The molecule has 0 aromatic heterocycles. The lowest BCUT2D eigenvalue weighted by Crippen LogP contribution is -2.28. The van der Waals surface area contributed by atoms with Gasteiger partial charge >= 0.3 is 6.09 Å². The Morgan fingerprint density at radius 3 is 2.37 bits per heavy atom. The van der Waals surface area contributed by atoms with Crippen LogP contribution in [-0.4, -0.2) is 25.9 Å². The van der Waals surface area contributed by atoms with E-state index < -0.39 is 0 Å². The number of rotatable bonds is 5. The van der Waals surface area contributed by atoms with Crippen LogP contribution in [0.4, 0.5) is 4.79 Å². The molecule has 5 heteroatoms. The van der Waals surface area contributed by atoms with E-state index in [1.807, 2.05) is 24.3 Å². The molecular weight excluding hydrogens is 442 g/mol. The van der Waals surface area contributed by atoms with Gasteiger partial charge < -0.3 is 14.8 Å². The zero-order chi connectivity index (χ0) is 20.7. The number of hydrogen-bond acceptors (Lipinski definition) is 3. The van der Waals surface area contributed by atoms with Crippen molar-refractivity contribution in [1.82, 2.24) is 5.32 Å². The lowest BCUT2D eigenvalue weighted by atomic mass is 9.98. The van der Waals surface area contributed by atoms with Crippen molar-refractivity contribution in [3.05, 3.63) is 87.9 Å². The minimum atomic E-state index is -0.353. The zero-order valence-electron chi connectivity index (χ0n) is 16.6. The van der Waals surface area contributed by atoms with E-state index in [4.69, 9.17) is 9.47 Å². The third kappa shape index (κ3) is 3.47. The normalized spacial score (nSPS) is 19.0. The number of ether oxygens (including phenoxy) is 2. The van der Waals surface area contributed by atoms with E-state index in [0.29, 0.717) is 12.5 Å². The molecule has 2 aliphatic rings. The lowest BCUT2D eigenvalue weighted by molar-refractivity contribution is 0.142. The van der Waals surface area contributed by atoms with Gasteiger partial charge in [-0.25, -0.2) is 4.79 Å². The summed E-state index contributed by atoms with van der Waals surface area (Å²) in [7, 11) is 1.66. The molecule has 1 saturated carbocycles. The Labute approximate surface area is 184 Å². The third-order valence-corrected chi connectivity index (χ3v) is 6.70. The van der Waals surface area contributed by atoms with Gasteiger partial charge in [0.1, 0.15) is 12.4 Å². The van der Waals surface area contributed by atoms with Crippen LogP contribution in [0.2, 0.25) is 0 Å². The molecule has 4 nitrogen and oxygen atoms in total. The first-order valence-corrected chi connectivity index (χ1v) is 10.9. The topological polar surface area (TPSA) is 47.6 Å². The molecule has 2 atom stereocenters. The number of hydrogen-bond donors (Lipinski definition) is 1. The van der Waals surface area contributed by atoms with Crippen LogP contribution in [0.25, 0.3) is 11.1 Å². The number of fused-ring (bicyclic) bond motifs is 3. The van der Waals surface area contributed by atoms with E-state index in [2.05, 4.69) is 63.7 Å². The smallest absolute Gasteiger partial charge is 0.407 e. The van der Waals surface area contributed by atoms with Gasteiger partial charge in [-0.15, -0.1) is 0 Å². The molecule has 0 bridgehead atoms. The van der Waals surface area contributed by atoms with Crippen LogP contribution in [0.3, 0.4) is 0 Å². The van der Waals surface area contributed by atoms with E-state index in [0.717, 1.165) is 16.6 Å². The molecule has 1 N–H and O–H groups in total. The van der Waals surface area contributed by atoms with E-state index in [-0.39, 0.29) is 18.1 Å². The summed E-state index contributed by atoms with van der Waals surface area (Å²) in [6.07, 6.45) is 0.558. The predicted octanol–water partition coefficient (Wildman–Crippen LogP) is 5.85. The molecule has 1 amide bonds. The average Bonchev–Trinajstić information content (AvgIpc) is 3.46. The largest absolute Gasteiger partial charge is 0.496 e. The minimum absolute atomic E-state index is 0.0777. The highest BCUT2D eigenvalue weighted by Gasteiger charge is 2.40. The molecule has 0 saturated heterocycles. The number of nitrogens with one attached hydrogen (secondary N) is 1. The number of methoxy groups -OCH3 is 1. The van der Waals surface area contributed by atoms with E-state index in [1.165, 1.54) is 27.8 Å². The van der Waals surface area contributed by atoms with Crippen molar-refractivity contribution >= 4 is 22.0 Å². The van der Waals surface area contributed by atoms with Crippen LogP contribution in [0.5, 0.6) is 5.75 Å². The first-order chi connectivity index (χ1) is 14.7. The number of amides is 1. The fraction of sp³-hybridized carbons (Fsp3) is 0.240. The molecule has 5 rings (SSSR count). The summed E-state index contributed by atoms with van der Waals surface area (Å²) < 4.78 is 12.0. The van der Waals surface area contributed by atoms with Crippen molar-refractivity contribution in [2.24, 2.45) is 0 Å². The minimum Gasteiger partial charge on any atom is -0.496 e. The van der Waals surface area contributed by atoms with E-state index in [9.17, 15) is 4.79 Å². The maximum absolute atomic E-state index is 12.5. The van der Waals surface area contributed by atoms with Gasteiger partial charge in [0.05, 0.1) is 11.6 Å². The van der Waals surface area contributed by atoms with Gasteiger partial charge in [0.15, 0.2) is 0 Å². The molecule has 0 heterocycles. The van der Waals surface area contributed by atoms with Crippen LogP contribution in [0, 0.1) is 0 Å². The van der Waals surface area contributed by atoms with Gasteiger partial charge in [-0.05, 0) is 62.3 Å². The molecular formula is C25H22BrNO3. The highest BCUT2D eigenvalue weighted by molar-refractivity contribution is 9.10. The molecule has 0 radical (unpaired) electrons. The van der Waals surface area contributed by atoms with Crippen molar-refractivity contribution in [3.8, 4) is 16.9 Å². The fourth-order valence-electron chi connectivity index (χ4n) is 4.42. The van der Waals surface area contributed by atoms with Gasteiger partial charge in [0.2, 0.25) is 0 Å². The Hall–Kier alpha value is -2.79. The Morgan fingerprint density at radius 1 is 1.03 bits per heavy atom. The molecule has 152 valence electrons. The molecule has 3 aromatic rings. The Bertz CT molecular complexity index is 1070. The van der Waals surface area contributed by atoms with Crippen LogP contribution >= 0.6 is 15.9 Å². The maximum Gasteiger partial charge on any atom is 0.407 e. The van der Waals surface area contributed by atoms with Gasteiger partial charge in [-0.2, -0.15) is 0 Å². The van der Waals surface area contributed by atoms with Crippen LogP contribution in [0.15, 0.2) is 71.2 Å². The summed E-state index contributed by atoms with van der Waals surface area (Å²) in [5.41, 5.74) is 6.07. The quantitative estimate of drug-likeness (QED) is 0.515. The number of carbonyl (C=O) groups is 1. The SMILES string of the molecule is COc1cc([C@H]2C[C@H]2NC(=O)OCC2c3ccccc3-c3ccccc32)ccc1Br. The predicted molar refractivity (Wildman–Crippen MR) is 120 cm³/mol. The average molecular weight is 464 g/mol. The maximum atomic E-state index is 12.5. The summed E-state index contributed by atoms with van der Waals surface area (Å²) in [5.74, 6) is 1.18. The molecule has 0 unspecified atom stereocenters. The second-order valence-electron chi connectivity index (χ2n) is 7.81. The summed E-state index contributed by atoms with van der Waals surface area (Å²) in [6.45, 7) is 0.337. The van der Waals surface area contributed by atoms with Gasteiger partial charge in [0.25, 0.3) is 0 Å². The van der Waals surface area contributed by atoms with Crippen LogP contribution in [-0.2, 0) is 4.74 Å². The summed E-state index contributed by atoms with van der Waals surface area (Å²) in [5, 5.41) is 3.01. The highest BCUT2D eigenvalue weighted by atomic mass is 79.9. The highest BCUT2D eigenvalue weighted by Crippen LogP contribution is 2.45. The molecule has 0 spiro atoms. The van der Waals surface area contributed by atoms with E-state index in [1.54, 1.807) is 7.11 Å². The van der Waals surface area contributed by atoms with E-state index >= 15 is 0 Å².